The minimum absolute atomic E-state index is 0.290. The summed E-state index contributed by atoms with van der Waals surface area (Å²) in [7, 11) is 0. The summed E-state index contributed by atoms with van der Waals surface area (Å²) >= 11 is 14.2. The lowest BCUT2D eigenvalue weighted by Crippen LogP contribution is -1.91. The molecule has 0 aliphatic rings. The molecule has 2 aromatic carbocycles. The summed E-state index contributed by atoms with van der Waals surface area (Å²) in [6.07, 6.45) is 0. The lowest BCUT2D eigenvalue weighted by atomic mass is 10.1. The lowest BCUT2D eigenvalue weighted by molar-refractivity contribution is 0.988. The van der Waals surface area contributed by atoms with E-state index < -0.39 is 0 Å². The van der Waals surface area contributed by atoms with Crippen molar-refractivity contribution in [3.8, 4) is 10.6 Å². The van der Waals surface area contributed by atoms with Crippen LogP contribution in [0.2, 0.25) is 5.02 Å². The largest absolute Gasteiger partial charge is 0.149 e. The van der Waals surface area contributed by atoms with Crippen LogP contribution in [0.1, 0.15) is 21.5 Å². The molecule has 0 fully saturated rings. The number of hydrogen-bond acceptors (Lipinski definition) is 3. The number of aromatic nitrogens is 2. The van der Waals surface area contributed by atoms with Gasteiger partial charge in [0.2, 0.25) is 0 Å². The van der Waals surface area contributed by atoms with Crippen molar-refractivity contribution in [3.05, 3.63) is 69.7 Å². The van der Waals surface area contributed by atoms with Crippen molar-refractivity contribution in [2.75, 3.05) is 0 Å². The van der Waals surface area contributed by atoms with Gasteiger partial charge < -0.3 is 0 Å². The van der Waals surface area contributed by atoms with Gasteiger partial charge in [0.05, 0.1) is 5.02 Å². The second-order valence-corrected chi connectivity index (χ2v) is 6.55. The van der Waals surface area contributed by atoms with Crippen LogP contribution in [0.5, 0.6) is 0 Å². The molecule has 2 nitrogen and oxygen atoms in total. The third-order valence-corrected chi connectivity index (χ3v) is 5.03. The maximum absolute atomic E-state index is 6.47. The molecule has 3 aromatic rings. The van der Waals surface area contributed by atoms with Crippen LogP contribution in [-0.2, 0) is 0 Å². The highest BCUT2D eigenvalue weighted by Gasteiger charge is 2.17. The molecule has 0 N–H and O–H groups in total. The number of aryl methyl sites for hydroxylation is 1. The molecule has 0 saturated carbocycles. The molecule has 21 heavy (non-hydrogen) atoms. The SMILES string of the molecule is Cc1ccc(-c2nnc(C(Cl)c3ccccc3)s2)c(Cl)c1. The predicted molar refractivity (Wildman–Crippen MR) is 89.2 cm³/mol. The van der Waals surface area contributed by atoms with Gasteiger partial charge in [0.1, 0.15) is 15.4 Å². The summed E-state index contributed by atoms with van der Waals surface area (Å²) < 4.78 is 0. The Hall–Kier alpha value is -1.42. The van der Waals surface area contributed by atoms with Crippen molar-refractivity contribution in [2.24, 2.45) is 0 Å². The number of alkyl halides is 1. The fraction of sp³-hybridized carbons (Fsp3) is 0.125. The van der Waals surface area contributed by atoms with Crippen LogP contribution in [0, 0.1) is 6.92 Å². The molecule has 5 heteroatoms. The van der Waals surface area contributed by atoms with Crippen LogP contribution < -0.4 is 0 Å². The molecular formula is C16H12Cl2N2S. The molecule has 0 amide bonds. The van der Waals surface area contributed by atoms with Crippen molar-refractivity contribution >= 4 is 34.5 Å². The Bertz CT molecular complexity index is 756. The Balaban J connectivity index is 1.93. The summed E-state index contributed by atoms with van der Waals surface area (Å²) in [6.45, 7) is 2.01. The van der Waals surface area contributed by atoms with Crippen molar-refractivity contribution in [1.82, 2.24) is 10.2 Å². The Morgan fingerprint density at radius 3 is 2.52 bits per heavy atom. The molecule has 1 atom stereocenters. The minimum Gasteiger partial charge on any atom is -0.141 e. The maximum atomic E-state index is 6.47. The number of hydrogen-bond donors (Lipinski definition) is 0. The van der Waals surface area contributed by atoms with Gasteiger partial charge in [-0.15, -0.1) is 21.8 Å². The highest BCUT2D eigenvalue weighted by molar-refractivity contribution is 7.15. The van der Waals surface area contributed by atoms with E-state index in [1.807, 2.05) is 55.5 Å². The van der Waals surface area contributed by atoms with Gasteiger partial charge in [-0.2, -0.15) is 0 Å². The number of benzene rings is 2. The molecule has 0 bridgehead atoms. The average molecular weight is 335 g/mol. The molecule has 0 aliphatic heterocycles. The number of halogens is 2. The molecule has 0 radical (unpaired) electrons. The maximum Gasteiger partial charge on any atom is 0.149 e. The van der Waals surface area contributed by atoms with Gasteiger partial charge in [-0.1, -0.05) is 65.4 Å². The van der Waals surface area contributed by atoms with E-state index >= 15 is 0 Å². The smallest absolute Gasteiger partial charge is 0.141 e. The minimum atomic E-state index is -0.290. The Labute approximate surface area is 137 Å². The van der Waals surface area contributed by atoms with Crippen LogP contribution >= 0.6 is 34.5 Å². The van der Waals surface area contributed by atoms with Crippen molar-refractivity contribution in [3.63, 3.8) is 0 Å². The first-order valence-electron chi connectivity index (χ1n) is 6.44. The van der Waals surface area contributed by atoms with E-state index in [-0.39, 0.29) is 5.38 Å². The average Bonchev–Trinajstić information content (AvgIpc) is 2.97. The summed E-state index contributed by atoms with van der Waals surface area (Å²) in [5.41, 5.74) is 3.02. The fourth-order valence-corrected chi connectivity index (χ4v) is 3.60. The standard InChI is InChI=1S/C16H12Cl2N2S/c1-10-7-8-12(13(17)9-10)15-19-20-16(21-15)14(18)11-5-3-2-4-6-11/h2-9,14H,1H3. The quantitative estimate of drug-likeness (QED) is 0.591. The second-order valence-electron chi connectivity index (χ2n) is 4.70. The van der Waals surface area contributed by atoms with Crippen LogP contribution in [0.4, 0.5) is 0 Å². The third kappa shape index (κ3) is 3.10. The van der Waals surface area contributed by atoms with Crippen LogP contribution in [-0.4, -0.2) is 10.2 Å². The highest BCUT2D eigenvalue weighted by atomic mass is 35.5. The summed E-state index contributed by atoms with van der Waals surface area (Å²) in [4.78, 5) is 0. The van der Waals surface area contributed by atoms with Gasteiger partial charge in [0.15, 0.2) is 0 Å². The van der Waals surface area contributed by atoms with E-state index in [0.717, 1.165) is 26.7 Å². The van der Waals surface area contributed by atoms with Crippen molar-refractivity contribution in [2.45, 2.75) is 12.3 Å². The normalized spacial score (nSPS) is 12.3. The summed E-state index contributed by atoms with van der Waals surface area (Å²) in [6, 6.07) is 15.8. The van der Waals surface area contributed by atoms with E-state index in [9.17, 15) is 0 Å². The van der Waals surface area contributed by atoms with Gasteiger partial charge >= 0.3 is 0 Å². The van der Waals surface area contributed by atoms with E-state index in [2.05, 4.69) is 10.2 Å². The number of rotatable bonds is 3. The molecule has 1 unspecified atom stereocenters. The fourth-order valence-electron chi connectivity index (χ4n) is 2.00. The van der Waals surface area contributed by atoms with Crippen molar-refractivity contribution in [1.29, 1.82) is 0 Å². The third-order valence-electron chi connectivity index (χ3n) is 3.10. The second kappa shape index (κ2) is 6.14. The zero-order valence-corrected chi connectivity index (χ0v) is 13.6. The summed E-state index contributed by atoms with van der Waals surface area (Å²) in [5.74, 6) is 0. The Kier molecular flexibility index (Phi) is 4.24. The highest BCUT2D eigenvalue weighted by Crippen LogP contribution is 2.36. The van der Waals surface area contributed by atoms with Crippen LogP contribution in [0.25, 0.3) is 10.6 Å². The van der Waals surface area contributed by atoms with Gasteiger partial charge in [-0.05, 0) is 24.1 Å². The van der Waals surface area contributed by atoms with E-state index in [1.165, 1.54) is 11.3 Å². The molecule has 1 aromatic heterocycles. The predicted octanol–water partition coefficient (Wildman–Crippen LogP) is 5.50. The molecule has 0 saturated heterocycles. The van der Waals surface area contributed by atoms with Crippen LogP contribution in [0.3, 0.4) is 0 Å². The first-order valence-corrected chi connectivity index (χ1v) is 8.07. The monoisotopic (exact) mass is 334 g/mol. The first-order chi connectivity index (χ1) is 10.1. The molecule has 0 spiro atoms. The molecule has 0 aliphatic carbocycles. The van der Waals surface area contributed by atoms with E-state index in [0.29, 0.717) is 5.02 Å². The van der Waals surface area contributed by atoms with E-state index in [1.54, 1.807) is 0 Å². The zero-order valence-electron chi connectivity index (χ0n) is 11.3. The van der Waals surface area contributed by atoms with Crippen molar-refractivity contribution < 1.29 is 0 Å². The van der Waals surface area contributed by atoms with Gasteiger partial charge in [-0.25, -0.2) is 0 Å². The molecule has 1 heterocycles. The Morgan fingerprint density at radius 1 is 1.05 bits per heavy atom. The lowest BCUT2D eigenvalue weighted by Gasteiger charge is -2.04. The van der Waals surface area contributed by atoms with Gasteiger partial charge in [-0.3, -0.25) is 0 Å². The Morgan fingerprint density at radius 2 is 1.81 bits per heavy atom. The molecule has 106 valence electrons. The zero-order chi connectivity index (χ0) is 14.8. The van der Waals surface area contributed by atoms with Gasteiger partial charge in [0.25, 0.3) is 0 Å². The molecule has 3 rings (SSSR count). The van der Waals surface area contributed by atoms with E-state index in [4.69, 9.17) is 23.2 Å². The molecular weight excluding hydrogens is 323 g/mol. The topological polar surface area (TPSA) is 25.8 Å². The first kappa shape index (κ1) is 14.5. The van der Waals surface area contributed by atoms with Gasteiger partial charge in [0, 0.05) is 5.56 Å². The summed E-state index contributed by atoms with van der Waals surface area (Å²) in [5, 5.41) is 10.4. The number of nitrogens with zero attached hydrogens (tertiary/aromatic N) is 2. The van der Waals surface area contributed by atoms with Crippen LogP contribution in [0.15, 0.2) is 48.5 Å².